The molecule has 0 bridgehead atoms. The van der Waals surface area contributed by atoms with Crippen molar-refractivity contribution in [3.8, 4) is 28.4 Å². The Balaban J connectivity index is 1.73. The van der Waals surface area contributed by atoms with Crippen LogP contribution in [0.1, 0.15) is 51.5 Å². The number of hydrogen-bond donors (Lipinski definition) is 3. The number of aromatic hydroxyl groups is 2. The number of aromatic carboxylic acids is 1. The Morgan fingerprint density at radius 2 is 1.57 bits per heavy atom. The molecule has 0 aliphatic carbocycles. The number of fused-ring (bicyclic) bond motifs is 1. The lowest BCUT2D eigenvalue weighted by molar-refractivity contribution is 0.0697. The van der Waals surface area contributed by atoms with Gasteiger partial charge >= 0.3 is 5.97 Å². The van der Waals surface area contributed by atoms with E-state index < -0.39 is 5.97 Å². The van der Waals surface area contributed by atoms with Gasteiger partial charge in [-0.1, -0.05) is 49.4 Å². The number of carboxylic acid groups (broad SMARTS) is 1. The average molecular weight is 533 g/mol. The summed E-state index contributed by atoms with van der Waals surface area (Å²) in [6.07, 6.45) is 0.505. The fourth-order valence-corrected chi connectivity index (χ4v) is 5.16. The Hall–Kier alpha value is -4.84. The van der Waals surface area contributed by atoms with E-state index in [0.29, 0.717) is 34.5 Å². The summed E-state index contributed by atoms with van der Waals surface area (Å²) in [6.45, 7) is 10.2. The van der Waals surface area contributed by atoms with Crippen LogP contribution in [0.4, 0.5) is 5.69 Å². The molecule has 0 fully saturated rings. The van der Waals surface area contributed by atoms with E-state index in [4.69, 9.17) is 4.99 Å². The first-order valence-electron chi connectivity index (χ1n) is 13.3. The van der Waals surface area contributed by atoms with Gasteiger partial charge in [-0.05, 0) is 92.3 Å². The van der Waals surface area contributed by atoms with Crippen molar-refractivity contribution in [3.63, 3.8) is 0 Å². The van der Waals surface area contributed by atoms with Crippen LogP contribution >= 0.6 is 0 Å². The maximum Gasteiger partial charge on any atom is 0.335 e. The molecule has 3 N–H and O–H groups in total. The van der Waals surface area contributed by atoms with E-state index in [-0.39, 0.29) is 17.2 Å². The van der Waals surface area contributed by atoms with Gasteiger partial charge in [-0.25, -0.2) is 9.79 Å². The molecule has 0 unspecified atom stereocenters. The molecule has 6 nitrogen and oxygen atoms in total. The standard InChI is InChI=1S/C34H32N2O4/c1-6-28(35-29-12-8-11-26(32(29)37)23-9-7-10-24(18-23)34(39)40)30-27-16-14-20(3)22(5)31(27)36(33(30)38)25-15-13-19(2)21(4)17-25/h7-18,37-38H,6H2,1-5H3,(H,39,40). The van der Waals surface area contributed by atoms with Crippen LogP contribution < -0.4 is 0 Å². The van der Waals surface area contributed by atoms with Crippen LogP contribution in [0, 0.1) is 27.7 Å². The summed E-state index contributed by atoms with van der Waals surface area (Å²) in [5.41, 5.74) is 9.04. The van der Waals surface area contributed by atoms with Crippen molar-refractivity contribution in [2.75, 3.05) is 0 Å². The average Bonchev–Trinajstić information content (AvgIpc) is 3.24. The van der Waals surface area contributed by atoms with Crippen LogP contribution in [0.5, 0.6) is 11.6 Å². The molecule has 0 spiro atoms. The first-order chi connectivity index (χ1) is 19.1. The Labute approximate surface area is 233 Å². The van der Waals surface area contributed by atoms with E-state index in [9.17, 15) is 20.1 Å². The van der Waals surface area contributed by atoms with Crippen molar-refractivity contribution in [1.29, 1.82) is 0 Å². The second-order valence-electron chi connectivity index (χ2n) is 10.2. The van der Waals surface area contributed by atoms with Crippen molar-refractivity contribution in [2.45, 2.75) is 41.0 Å². The van der Waals surface area contributed by atoms with Gasteiger partial charge in [-0.15, -0.1) is 0 Å². The van der Waals surface area contributed by atoms with E-state index in [0.717, 1.165) is 33.3 Å². The van der Waals surface area contributed by atoms with Crippen LogP contribution in [-0.2, 0) is 0 Å². The molecule has 0 amide bonds. The predicted octanol–water partition coefficient (Wildman–Crippen LogP) is 8.17. The monoisotopic (exact) mass is 532 g/mol. The summed E-state index contributed by atoms with van der Waals surface area (Å²) >= 11 is 0. The molecule has 5 aromatic rings. The number of aryl methyl sites for hydroxylation is 4. The van der Waals surface area contributed by atoms with Crippen LogP contribution in [0.2, 0.25) is 0 Å². The van der Waals surface area contributed by atoms with Crippen molar-refractivity contribution < 1.29 is 20.1 Å². The van der Waals surface area contributed by atoms with Gasteiger partial charge in [0.1, 0.15) is 11.4 Å². The Bertz CT molecular complexity index is 1830. The fourth-order valence-electron chi connectivity index (χ4n) is 5.16. The van der Waals surface area contributed by atoms with Crippen molar-refractivity contribution in [2.24, 2.45) is 4.99 Å². The SMILES string of the molecule is CCC(=Nc1cccc(-c2cccc(C(=O)O)c2)c1O)c1c(O)n(-c2ccc(C)c(C)c2)c2c(C)c(C)ccc12. The number of para-hydroxylation sites is 1. The van der Waals surface area contributed by atoms with Crippen LogP contribution in [-0.4, -0.2) is 31.6 Å². The van der Waals surface area contributed by atoms with Gasteiger partial charge in [0.05, 0.1) is 22.4 Å². The summed E-state index contributed by atoms with van der Waals surface area (Å²) in [5, 5.41) is 33.3. The summed E-state index contributed by atoms with van der Waals surface area (Å²) in [4.78, 5) is 16.4. The van der Waals surface area contributed by atoms with Crippen LogP contribution in [0.15, 0.2) is 77.8 Å². The van der Waals surface area contributed by atoms with Gasteiger partial charge in [0.25, 0.3) is 0 Å². The number of nitrogens with zero attached hydrogens (tertiary/aromatic N) is 2. The molecule has 1 aromatic heterocycles. The number of hydrogen-bond acceptors (Lipinski definition) is 4. The van der Waals surface area contributed by atoms with E-state index >= 15 is 0 Å². The third-order valence-corrected chi connectivity index (χ3v) is 7.69. The van der Waals surface area contributed by atoms with E-state index in [1.165, 1.54) is 17.7 Å². The number of aromatic nitrogens is 1. The zero-order valence-electron chi connectivity index (χ0n) is 23.3. The van der Waals surface area contributed by atoms with Gasteiger partial charge in [0.15, 0.2) is 0 Å². The first-order valence-corrected chi connectivity index (χ1v) is 13.3. The topological polar surface area (TPSA) is 95.1 Å². The highest BCUT2D eigenvalue weighted by Crippen LogP contribution is 2.41. The smallest absolute Gasteiger partial charge is 0.335 e. The van der Waals surface area contributed by atoms with Crippen molar-refractivity contribution in [1.82, 2.24) is 4.57 Å². The Kier molecular flexibility index (Phi) is 6.94. The molecule has 0 aliphatic heterocycles. The quantitative estimate of drug-likeness (QED) is 0.192. The van der Waals surface area contributed by atoms with Crippen molar-refractivity contribution >= 4 is 28.3 Å². The molecule has 5 rings (SSSR count). The second kappa shape index (κ2) is 10.4. The number of aliphatic imine (C=N–C) groups is 1. The van der Waals surface area contributed by atoms with Crippen molar-refractivity contribution in [3.05, 3.63) is 106 Å². The lowest BCUT2D eigenvalue weighted by Gasteiger charge is -2.12. The highest BCUT2D eigenvalue weighted by molar-refractivity contribution is 6.15. The lowest BCUT2D eigenvalue weighted by Crippen LogP contribution is -2.00. The molecule has 0 radical (unpaired) electrons. The molecule has 202 valence electrons. The molecule has 0 saturated carbocycles. The summed E-state index contributed by atoms with van der Waals surface area (Å²) in [7, 11) is 0. The molecule has 1 heterocycles. The fraction of sp³-hybridized carbons (Fsp3) is 0.176. The molecule has 0 atom stereocenters. The zero-order chi connectivity index (χ0) is 28.7. The summed E-state index contributed by atoms with van der Waals surface area (Å²) in [5.74, 6) is -0.997. The van der Waals surface area contributed by atoms with Crippen LogP contribution in [0.25, 0.3) is 27.7 Å². The normalized spacial score (nSPS) is 11.8. The van der Waals surface area contributed by atoms with Crippen LogP contribution in [0.3, 0.4) is 0 Å². The molecule has 4 aromatic carbocycles. The molecular formula is C34H32N2O4. The second-order valence-corrected chi connectivity index (χ2v) is 10.2. The Morgan fingerprint density at radius 3 is 2.27 bits per heavy atom. The molecule has 0 saturated heterocycles. The number of phenolic OH excluding ortho intramolecular Hbond substituents is 1. The zero-order valence-corrected chi connectivity index (χ0v) is 23.3. The minimum atomic E-state index is -1.04. The third kappa shape index (κ3) is 4.51. The number of phenols is 1. The first kappa shape index (κ1) is 26.8. The van der Waals surface area contributed by atoms with Gasteiger partial charge in [0.2, 0.25) is 5.88 Å². The molecular weight excluding hydrogens is 500 g/mol. The predicted molar refractivity (Wildman–Crippen MR) is 161 cm³/mol. The van der Waals surface area contributed by atoms with E-state index in [2.05, 4.69) is 39.8 Å². The highest BCUT2D eigenvalue weighted by Gasteiger charge is 2.24. The van der Waals surface area contributed by atoms with Gasteiger partial charge in [-0.3, -0.25) is 4.57 Å². The third-order valence-electron chi connectivity index (χ3n) is 7.69. The van der Waals surface area contributed by atoms with E-state index in [1.807, 2.05) is 29.7 Å². The minimum absolute atomic E-state index is 0.0552. The highest BCUT2D eigenvalue weighted by atomic mass is 16.4. The summed E-state index contributed by atoms with van der Waals surface area (Å²) < 4.78 is 1.89. The number of carboxylic acids is 1. The minimum Gasteiger partial charge on any atom is -0.505 e. The Morgan fingerprint density at radius 1 is 0.850 bits per heavy atom. The lowest BCUT2D eigenvalue weighted by atomic mass is 10.0. The maximum atomic E-state index is 11.8. The van der Waals surface area contributed by atoms with E-state index in [1.54, 1.807) is 30.3 Å². The number of carbonyl (C=O) groups is 1. The number of benzene rings is 4. The number of rotatable bonds is 6. The van der Waals surface area contributed by atoms with Gasteiger partial charge in [-0.2, -0.15) is 0 Å². The maximum absolute atomic E-state index is 11.8. The molecule has 40 heavy (non-hydrogen) atoms. The van der Waals surface area contributed by atoms with Gasteiger partial charge < -0.3 is 15.3 Å². The molecule has 0 aliphatic rings. The van der Waals surface area contributed by atoms with Gasteiger partial charge in [0, 0.05) is 16.6 Å². The summed E-state index contributed by atoms with van der Waals surface area (Å²) in [6, 6.07) is 21.9. The largest absolute Gasteiger partial charge is 0.505 e. The molecule has 6 heteroatoms.